The molecule has 128 valence electrons. The van der Waals surface area contributed by atoms with Crippen LogP contribution >= 0.6 is 21.6 Å². The van der Waals surface area contributed by atoms with Crippen LogP contribution in [0, 0.1) is 20.2 Å². The lowest BCUT2D eigenvalue weighted by Crippen LogP contribution is -2.02. The van der Waals surface area contributed by atoms with Crippen LogP contribution in [0.25, 0.3) is 0 Å². The van der Waals surface area contributed by atoms with Gasteiger partial charge in [-0.25, -0.2) is 4.79 Å². The molecule has 2 aromatic carbocycles. The highest BCUT2D eigenvalue weighted by Crippen LogP contribution is 2.39. The van der Waals surface area contributed by atoms with E-state index in [1.807, 2.05) is 0 Å². The Bertz CT molecular complexity index is 885. The molecule has 0 amide bonds. The molecular formula is C14H8N2O7S2. The first-order valence-corrected chi connectivity index (χ1v) is 8.58. The average Bonchev–Trinajstić information content (AvgIpc) is 2.58. The summed E-state index contributed by atoms with van der Waals surface area (Å²) >= 11 is 0. The van der Waals surface area contributed by atoms with Gasteiger partial charge in [-0.05, 0) is 24.3 Å². The van der Waals surface area contributed by atoms with Crippen molar-refractivity contribution in [1.82, 2.24) is 0 Å². The molecule has 0 saturated heterocycles. The highest BCUT2D eigenvalue weighted by atomic mass is 33.1. The molecule has 1 N–H and O–H groups in total. The molecule has 0 atom stereocenters. The number of carboxylic acids is 1. The molecule has 0 radical (unpaired) electrons. The number of aromatic carboxylic acids is 1. The minimum atomic E-state index is -1.42. The molecule has 0 aliphatic rings. The van der Waals surface area contributed by atoms with E-state index in [0.29, 0.717) is 16.1 Å². The highest BCUT2D eigenvalue weighted by molar-refractivity contribution is 8.76. The molecule has 0 aliphatic heterocycles. The van der Waals surface area contributed by atoms with Gasteiger partial charge in [0.15, 0.2) is 6.29 Å². The van der Waals surface area contributed by atoms with Crippen LogP contribution < -0.4 is 0 Å². The summed E-state index contributed by atoms with van der Waals surface area (Å²) in [6.07, 6.45) is 0.376. The third kappa shape index (κ3) is 4.33. The molecule has 0 heterocycles. The van der Waals surface area contributed by atoms with Gasteiger partial charge in [0, 0.05) is 21.9 Å². The van der Waals surface area contributed by atoms with Crippen molar-refractivity contribution in [2.75, 3.05) is 0 Å². The lowest BCUT2D eigenvalue weighted by molar-refractivity contribution is -0.385. The molecule has 0 saturated carbocycles. The molecule has 2 rings (SSSR count). The molecule has 0 bridgehead atoms. The number of aldehydes is 1. The Hall–Kier alpha value is -2.92. The van der Waals surface area contributed by atoms with Gasteiger partial charge in [-0.3, -0.25) is 25.0 Å². The van der Waals surface area contributed by atoms with E-state index in [0.717, 1.165) is 27.7 Å². The van der Waals surface area contributed by atoms with Crippen LogP contribution in [0.15, 0.2) is 46.2 Å². The van der Waals surface area contributed by atoms with Crippen molar-refractivity contribution in [3.05, 3.63) is 67.8 Å². The number of nitrogens with zero attached hydrogens (tertiary/aromatic N) is 2. The van der Waals surface area contributed by atoms with Crippen molar-refractivity contribution in [2.45, 2.75) is 9.79 Å². The Morgan fingerprint density at radius 2 is 1.48 bits per heavy atom. The molecule has 2 aromatic rings. The van der Waals surface area contributed by atoms with E-state index in [2.05, 4.69) is 0 Å². The molecule has 0 unspecified atom stereocenters. The normalized spacial score (nSPS) is 10.2. The van der Waals surface area contributed by atoms with Gasteiger partial charge < -0.3 is 5.11 Å². The second-order valence-electron chi connectivity index (χ2n) is 4.50. The molecular weight excluding hydrogens is 372 g/mol. The van der Waals surface area contributed by atoms with Crippen LogP contribution in [0.4, 0.5) is 11.4 Å². The lowest BCUT2D eigenvalue weighted by atomic mass is 10.2. The minimum absolute atomic E-state index is 0.0782. The van der Waals surface area contributed by atoms with E-state index in [4.69, 9.17) is 5.11 Å². The van der Waals surface area contributed by atoms with Gasteiger partial charge in [0.2, 0.25) is 0 Å². The molecule has 25 heavy (non-hydrogen) atoms. The fourth-order valence-electron chi connectivity index (χ4n) is 1.84. The van der Waals surface area contributed by atoms with E-state index in [1.165, 1.54) is 30.3 Å². The zero-order valence-corrected chi connectivity index (χ0v) is 13.8. The Morgan fingerprint density at radius 3 is 1.96 bits per heavy atom. The van der Waals surface area contributed by atoms with Gasteiger partial charge in [0.25, 0.3) is 11.4 Å². The van der Waals surface area contributed by atoms with Gasteiger partial charge >= 0.3 is 5.97 Å². The third-order valence-corrected chi connectivity index (χ3v) is 5.33. The Labute approximate surface area is 147 Å². The first-order chi connectivity index (χ1) is 11.8. The lowest BCUT2D eigenvalue weighted by Gasteiger charge is -2.04. The summed E-state index contributed by atoms with van der Waals surface area (Å²) in [7, 11) is 2.23. The molecule has 0 aromatic heterocycles. The van der Waals surface area contributed by atoms with Crippen LogP contribution in [-0.4, -0.2) is 27.2 Å². The van der Waals surface area contributed by atoms with Crippen LogP contribution in [0.2, 0.25) is 0 Å². The summed E-state index contributed by atoms with van der Waals surface area (Å²) in [5.41, 5.74) is -1.34. The van der Waals surface area contributed by atoms with Gasteiger partial charge in [0.1, 0.15) is 5.56 Å². The van der Waals surface area contributed by atoms with Gasteiger partial charge in [0.05, 0.1) is 15.4 Å². The highest BCUT2D eigenvalue weighted by Gasteiger charge is 2.20. The average molecular weight is 380 g/mol. The summed E-state index contributed by atoms with van der Waals surface area (Å²) in [6, 6.07) is 7.65. The maximum Gasteiger partial charge on any atom is 0.342 e. The van der Waals surface area contributed by atoms with E-state index in [9.17, 15) is 29.8 Å². The number of benzene rings is 2. The van der Waals surface area contributed by atoms with E-state index in [1.54, 1.807) is 0 Å². The van der Waals surface area contributed by atoms with Crippen LogP contribution in [0.3, 0.4) is 0 Å². The Kier molecular flexibility index (Phi) is 5.72. The predicted molar refractivity (Wildman–Crippen MR) is 90.3 cm³/mol. The number of nitro groups is 2. The molecule has 11 heteroatoms. The van der Waals surface area contributed by atoms with Crippen molar-refractivity contribution in [3.8, 4) is 0 Å². The van der Waals surface area contributed by atoms with Crippen LogP contribution in [0.5, 0.6) is 0 Å². The van der Waals surface area contributed by atoms with Gasteiger partial charge in [-0.1, -0.05) is 21.6 Å². The van der Waals surface area contributed by atoms with E-state index in [-0.39, 0.29) is 11.3 Å². The van der Waals surface area contributed by atoms with Gasteiger partial charge in [-0.15, -0.1) is 0 Å². The SMILES string of the molecule is O=Cc1cc(SSc2ccc([N+](=O)[O-])c(C(=O)O)c2)ccc1[N+](=O)[O-]. The number of carboxylic acid groups (broad SMARTS) is 1. The van der Waals surface area contributed by atoms with E-state index >= 15 is 0 Å². The first-order valence-electron chi connectivity index (χ1n) is 6.43. The predicted octanol–water partition coefficient (Wildman–Crippen LogP) is 3.81. The van der Waals surface area contributed by atoms with Crippen molar-refractivity contribution in [3.63, 3.8) is 0 Å². The number of nitro benzene ring substituents is 2. The van der Waals surface area contributed by atoms with Gasteiger partial charge in [-0.2, -0.15) is 0 Å². The molecule has 0 aliphatic carbocycles. The summed E-state index contributed by atoms with van der Waals surface area (Å²) < 4.78 is 0. The molecule has 0 spiro atoms. The zero-order valence-electron chi connectivity index (χ0n) is 12.1. The number of carbonyl (C=O) groups is 2. The first kappa shape index (κ1) is 18.4. The zero-order chi connectivity index (χ0) is 18.6. The van der Waals surface area contributed by atoms with E-state index < -0.39 is 27.1 Å². The quantitative estimate of drug-likeness (QED) is 0.328. The summed E-state index contributed by atoms with van der Waals surface area (Å²) in [6.45, 7) is 0. The largest absolute Gasteiger partial charge is 0.477 e. The second kappa shape index (κ2) is 7.77. The van der Waals surface area contributed by atoms with Crippen molar-refractivity contribution in [1.29, 1.82) is 0 Å². The Balaban J connectivity index is 2.23. The smallest absolute Gasteiger partial charge is 0.342 e. The van der Waals surface area contributed by atoms with Crippen LogP contribution in [0.1, 0.15) is 20.7 Å². The minimum Gasteiger partial charge on any atom is -0.477 e. The molecule has 0 fully saturated rings. The topological polar surface area (TPSA) is 141 Å². The standard InChI is InChI=1S/C14H8N2O7S2/c17-7-8-5-9(1-3-12(8)15(20)21)24-25-10-2-4-13(16(22)23)11(6-10)14(18)19/h1-7H,(H,18,19). The third-order valence-electron chi connectivity index (χ3n) is 2.95. The van der Waals surface area contributed by atoms with Crippen molar-refractivity contribution < 1.29 is 24.5 Å². The molecule has 9 nitrogen and oxygen atoms in total. The Morgan fingerprint density at radius 1 is 0.960 bits per heavy atom. The fraction of sp³-hybridized carbons (Fsp3) is 0. The summed E-state index contributed by atoms with van der Waals surface area (Å²) in [5.74, 6) is -1.42. The second-order valence-corrected chi connectivity index (χ2v) is 6.78. The summed E-state index contributed by atoms with van der Waals surface area (Å²) in [5, 5.41) is 30.7. The van der Waals surface area contributed by atoms with Crippen LogP contribution in [-0.2, 0) is 0 Å². The summed E-state index contributed by atoms with van der Waals surface area (Å²) in [4.78, 5) is 43.2. The number of rotatable bonds is 7. The fourth-order valence-corrected chi connectivity index (χ4v) is 3.82. The van der Waals surface area contributed by atoms with Crippen molar-refractivity contribution >= 4 is 45.2 Å². The number of carbonyl (C=O) groups excluding carboxylic acids is 1. The maximum absolute atomic E-state index is 11.1. The number of hydrogen-bond donors (Lipinski definition) is 1. The van der Waals surface area contributed by atoms with Crippen molar-refractivity contribution in [2.24, 2.45) is 0 Å². The number of hydrogen-bond acceptors (Lipinski definition) is 8. The monoisotopic (exact) mass is 380 g/mol. The maximum atomic E-state index is 11.1.